The normalized spacial score (nSPS) is 14.5. The molecule has 0 heterocycles. The van der Waals surface area contributed by atoms with Gasteiger partial charge in [-0.05, 0) is 109 Å². The standard InChI is InChI=1S/C66H115N2O7P/c1-7-10-13-16-19-22-25-27-29-30-31-32-33-34-35-36-37-38-39-41-44-47-50-53-56-59-66(70)75-64(57-54-51-48-45-42-24-21-18-15-12-9-3)63(62-74-76(71,72)73-61-60-68(4,5)6)67-65(69)58-55-52-49-46-43-40-28-26-23-20-17-14-11-8-2/h10-11,13-14,19-20,22-23,27-29,31-32,34-35,40,54,57,63-64H,7-9,12,15-18,21,24-26,30,33,36-39,41-53,55-56,58-62H2,1-6H3,(H-,67,69,71,72)/p+1/b13-10-,14-11+,22-19-,23-20+,29-27-,32-31-,35-34-,40-28+,57-54-. The molecule has 0 aromatic carbocycles. The quantitative estimate of drug-likeness (QED) is 0.0205. The van der Waals surface area contributed by atoms with Crippen LogP contribution >= 0.6 is 7.82 Å². The van der Waals surface area contributed by atoms with Crippen molar-refractivity contribution in [3.05, 3.63) is 109 Å². The number of hydrogen-bond donors (Lipinski definition) is 2. The number of esters is 1. The van der Waals surface area contributed by atoms with Gasteiger partial charge in [-0.1, -0.05) is 233 Å². The van der Waals surface area contributed by atoms with Crippen LogP contribution in [0.3, 0.4) is 0 Å². The second-order valence-electron chi connectivity index (χ2n) is 21.5. The number of quaternary nitrogens is 1. The van der Waals surface area contributed by atoms with Gasteiger partial charge in [-0.2, -0.15) is 0 Å². The smallest absolute Gasteiger partial charge is 0.456 e. The number of phosphoric acid groups is 1. The van der Waals surface area contributed by atoms with Crippen LogP contribution in [0.4, 0.5) is 0 Å². The predicted octanol–water partition coefficient (Wildman–Crippen LogP) is 18.9. The van der Waals surface area contributed by atoms with E-state index in [9.17, 15) is 19.0 Å². The lowest BCUT2D eigenvalue weighted by Gasteiger charge is -2.27. The molecule has 3 unspecified atom stereocenters. The minimum Gasteiger partial charge on any atom is -0.456 e. The van der Waals surface area contributed by atoms with Crippen LogP contribution in [-0.4, -0.2) is 74.3 Å². The van der Waals surface area contributed by atoms with Crippen LogP contribution in [0, 0.1) is 0 Å². The third kappa shape index (κ3) is 55.4. The summed E-state index contributed by atoms with van der Waals surface area (Å²) in [5.41, 5.74) is 0. The van der Waals surface area contributed by atoms with Crippen LogP contribution in [0.15, 0.2) is 109 Å². The number of carbonyl (C=O) groups excluding carboxylic acids is 2. The van der Waals surface area contributed by atoms with Gasteiger partial charge < -0.3 is 19.4 Å². The number of nitrogens with one attached hydrogen (secondary N) is 1. The summed E-state index contributed by atoms with van der Waals surface area (Å²) in [4.78, 5) is 37.6. The van der Waals surface area contributed by atoms with Gasteiger partial charge in [0.1, 0.15) is 19.3 Å². The van der Waals surface area contributed by atoms with Crippen LogP contribution in [-0.2, 0) is 27.9 Å². The first-order valence-electron chi connectivity index (χ1n) is 30.7. The lowest BCUT2D eigenvalue weighted by molar-refractivity contribution is -0.870. The Labute approximate surface area is 468 Å². The maximum atomic E-state index is 13.5. The van der Waals surface area contributed by atoms with Gasteiger partial charge in [0.05, 0.1) is 33.8 Å². The summed E-state index contributed by atoms with van der Waals surface area (Å²) in [6, 6.07) is -0.868. The van der Waals surface area contributed by atoms with E-state index in [4.69, 9.17) is 13.8 Å². The maximum Gasteiger partial charge on any atom is 0.472 e. The van der Waals surface area contributed by atoms with Gasteiger partial charge in [0.25, 0.3) is 0 Å². The number of amides is 1. The van der Waals surface area contributed by atoms with E-state index in [1.807, 2.05) is 33.3 Å². The Balaban J connectivity index is 5.17. The number of likely N-dealkylation sites (N-methyl/N-ethyl adjacent to an activating group) is 1. The lowest BCUT2D eigenvalue weighted by Crippen LogP contribution is -2.47. The molecule has 0 aromatic heterocycles. The van der Waals surface area contributed by atoms with Crippen molar-refractivity contribution in [2.45, 2.75) is 258 Å². The lowest BCUT2D eigenvalue weighted by atomic mass is 10.1. The molecule has 0 aliphatic carbocycles. The fourth-order valence-electron chi connectivity index (χ4n) is 8.27. The molecule has 436 valence electrons. The summed E-state index contributed by atoms with van der Waals surface area (Å²) in [7, 11) is 1.46. The van der Waals surface area contributed by atoms with Crippen molar-refractivity contribution in [3.63, 3.8) is 0 Å². The van der Waals surface area contributed by atoms with Gasteiger partial charge in [0, 0.05) is 12.8 Å². The van der Waals surface area contributed by atoms with Gasteiger partial charge in [-0.15, -0.1) is 0 Å². The molecule has 0 radical (unpaired) electrons. The number of hydrogen-bond acceptors (Lipinski definition) is 6. The third-order valence-corrected chi connectivity index (χ3v) is 13.9. The zero-order chi connectivity index (χ0) is 55.7. The van der Waals surface area contributed by atoms with E-state index in [0.29, 0.717) is 23.9 Å². The first kappa shape index (κ1) is 72.7. The van der Waals surface area contributed by atoms with Gasteiger partial charge in [0.2, 0.25) is 5.91 Å². The summed E-state index contributed by atoms with van der Waals surface area (Å²) >= 11 is 0. The van der Waals surface area contributed by atoms with Crippen LogP contribution in [0.2, 0.25) is 0 Å². The van der Waals surface area contributed by atoms with Crippen LogP contribution in [0.25, 0.3) is 0 Å². The second kappa shape index (κ2) is 55.0. The van der Waals surface area contributed by atoms with Crippen LogP contribution in [0.5, 0.6) is 0 Å². The van der Waals surface area contributed by atoms with E-state index in [-0.39, 0.29) is 31.5 Å². The number of carbonyl (C=O) groups is 2. The molecular weight excluding hydrogens is 964 g/mol. The number of unbranched alkanes of at least 4 members (excludes halogenated alkanes) is 22. The Kier molecular flexibility index (Phi) is 52.6. The number of rotatable bonds is 54. The van der Waals surface area contributed by atoms with E-state index in [0.717, 1.165) is 128 Å². The average Bonchev–Trinajstić information content (AvgIpc) is 3.38. The number of nitrogens with zero attached hydrogens (tertiary/aromatic N) is 1. The molecule has 0 spiro atoms. The molecule has 0 bridgehead atoms. The molecule has 9 nitrogen and oxygen atoms in total. The van der Waals surface area contributed by atoms with Crippen molar-refractivity contribution in [1.29, 1.82) is 0 Å². The van der Waals surface area contributed by atoms with Gasteiger partial charge >= 0.3 is 13.8 Å². The first-order chi connectivity index (χ1) is 36.9. The SMILES string of the molecule is CC/C=C\C/C=C\C/C=C\C/C=C\C/C=C\CCCCCCCCCCCC(=O)OC(/C=C\CCCCCCCCCCC)C(COP(=O)(O)OCC[N+](C)(C)C)NC(=O)CCCCCC/C=C/C/C=C/C/C=C/CC. The molecule has 3 atom stereocenters. The summed E-state index contributed by atoms with van der Waals surface area (Å²) in [5.74, 6) is -0.545. The monoisotopic (exact) mass is 1080 g/mol. The Morgan fingerprint density at radius 2 is 0.842 bits per heavy atom. The Hall–Kier alpha value is -3.33. The highest BCUT2D eigenvalue weighted by molar-refractivity contribution is 7.47. The van der Waals surface area contributed by atoms with Crippen LogP contribution in [0.1, 0.15) is 245 Å². The summed E-state index contributed by atoms with van der Waals surface area (Å²) in [6.07, 6.45) is 75.2. The number of allylic oxidation sites excluding steroid dienone is 17. The summed E-state index contributed by atoms with van der Waals surface area (Å²) in [5, 5.41) is 3.03. The Bertz CT molecular complexity index is 1670. The highest BCUT2D eigenvalue weighted by Crippen LogP contribution is 2.43. The van der Waals surface area contributed by atoms with Gasteiger partial charge in [-0.25, -0.2) is 4.57 Å². The Morgan fingerprint density at radius 3 is 1.26 bits per heavy atom. The molecule has 1 amide bonds. The molecular formula is C66H116N2O7P+. The summed E-state index contributed by atoms with van der Waals surface area (Å²) < 4.78 is 30.6. The molecule has 0 saturated heterocycles. The van der Waals surface area contributed by atoms with E-state index < -0.39 is 20.0 Å². The van der Waals surface area contributed by atoms with Crippen LogP contribution < -0.4 is 5.32 Å². The predicted molar refractivity (Wildman–Crippen MR) is 327 cm³/mol. The molecule has 0 fully saturated rings. The minimum atomic E-state index is -4.46. The second-order valence-corrected chi connectivity index (χ2v) is 22.9. The molecule has 10 heteroatoms. The van der Waals surface area contributed by atoms with Crippen molar-refractivity contribution in [1.82, 2.24) is 5.32 Å². The topological polar surface area (TPSA) is 111 Å². The molecule has 76 heavy (non-hydrogen) atoms. The van der Waals surface area contributed by atoms with Crippen molar-refractivity contribution in [3.8, 4) is 0 Å². The van der Waals surface area contributed by atoms with E-state index >= 15 is 0 Å². The Morgan fingerprint density at radius 1 is 0.474 bits per heavy atom. The van der Waals surface area contributed by atoms with Crippen molar-refractivity contribution < 1.29 is 37.3 Å². The fourth-order valence-corrected chi connectivity index (χ4v) is 9.01. The van der Waals surface area contributed by atoms with E-state index in [1.54, 1.807) is 0 Å². The van der Waals surface area contributed by atoms with E-state index in [1.165, 1.54) is 77.0 Å². The number of ether oxygens (including phenoxy) is 1. The molecule has 0 saturated carbocycles. The number of phosphoric ester groups is 1. The molecule has 0 aliphatic rings. The maximum absolute atomic E-state index is 13.5. The fraction of sp³-hybridized carbons (Fsp3) is 0.697. The van der Waals surface area contributed by atoms with Gasteiger partial charge in [0.15, 0.2) is 0 Å². The largest absolute Gasteiger partial charge is 0.472 e. The average molecular weight is 1080 g/mol. The van der Waals surface area contributed by atoms with Gasteiger partial charge in [-0.3, -0.25) is 18.6 Å². The molecule has 2 N–H and O–H groups in total. The first-order valence-corrected chi connectivity index (χ1v) is 32.2. The summed E-state index contributed by atoms with van der Waals surface area (Å²) in [6.45, 7) is 6.74. The molecule has 0 aliphatic heterocycles. The van der Waals surface area contributed by atoms with Crippen molar-refractivity contribution >= 4 is 19.7 Å². The zero-order valence-electron chi connectivity index (χ0n) is 49.7. The van der Waals surface area contributed by atoms with Crippen molar-refractivity contribution in [2.75, 3.05) is 40.9 Å². The zero-order valence-corrected chi connectivity index (χ0v) is 50.6. The molecule has 0 aromatic rings. The minimum absolute atomic E-state index is 0.0293. The van der Waals surface area contributed by atoms with Crippen molar-refractivity contribution in [2.24, 2.45) is 0 Å². The van der Waals surface area contributed by atoms with E-state index in [2.05, 4.69) is 123 Å². The highest BCUT2D eigenvalue weighted by atomic mass is 31.2. The molecule has 0 rings (SSSR count). The highest BCUT2D eigenvalue weighted by Gasteiger charge is 2.30. The third-order valence-electron chi connectivity index (χ3n) is 13.0.